The number of amides is 1. The van der Waals surface area contributed by atoms with Crippen molar-refractivity contribution in [2.45, 2.75) is 6.92 Å². The molecule has 0 atom stereocenters. The number of anilines is 1. The van der Waals surface area contributed by atoms with Crippen LogP contribution in [0.1, 0.15) is 15.9 Å². The van der Waals surface area contributed by atoms with Crippen LogP contribution in [0.3, 0.4) is 0 Å². The molecule has 1 N–H and O–H groups in total. The lowest BCUT2D eigenvalue weighted by molar-refractivity contribution is 0.102. The lowest BCUT2D eigenvalue weighted by Gasteiger charge is -2.07. The van der Waals surface area contributed by atoms with Crippen LogP contribution in [0.25, 0.3) is 22.6 Å². The van der Waals surface area contributed by atoms with Crippen LogP contribution in [0.5, 0.6) is 0 Å². The van der Waals surface area contributed by atoms with Crippen molar-refractivity contribution in [2.24, 2.45) is 0 Å². The number of carbonyl (C=O) groups excluding carboxylic acids is 1. The van der Waals surface area contributed by atoms with Gasteiger partial charge in [-0.15, -0.1) is 0 Å². The molecule has 0 aliphatic heterocycles. The maximum atomic E-state index is 13.2. The van der Waals surface area contributed by atoms with E-state index in [4.69, 9.17) is 27.6 Å². The van der Waals surface area contributed by atoms with Crippen LogP contribution in [-0.4, -0.2) is 10.9 Å². The van der Waals surface area contributed by atoms with E-state index in [2.05, 4.69) is 10.3 Å². The van der Waals surface area contributed by atoms with Crippen LogP contribution in [-0.2, 0) is 0 Å². The zero-order chi connectivity index (χ0) is 19.8. The van der Waals surface area contributed by atoms with Crippen molar-refractivity contribution in [3.05, 3.63) is 81.6 Å². The van der Waals surface area contributed by atoms with Gasteiger partial charge in [-0.05, 0) is 61.0 Å². The monoisotopic (exact) mass is 414 g/mol. The fourth-order valence-electron chi connectivity index (χ4n) is 2.79. The smallest absolute Gasteiger partial charge is 0.257 e. The highest BCUT2D eigenvalue weighted by Crippen LogP contribution is 2.31. The number of fused-ring (bicyclic) bond motifs is 1. The number of halogens is 3. The van der Waals surface area contributed by atoms with Crippen LogP contribution in [0, 0.1) is 12.7 Å². The van der Waals surface area contributed by atoms with Gasteiger partial charge in [0.2, 0.25) is 5.89 Å². The molecule has 3 aromatic carbocycles. The Morgan fingerprint density at radius 1 is 1.04 bits per heavy atom. The first-order chi connectivity index (χ1) is 13.4. The second kappa shape index (κ2) is 7.26. The minimum absolute atomic E-state index is 0.203. The summed E-state index contributed by atoms with van der Waals surface area (Å²) in [7, 11) is 0. The standard InChI is InChI=1S/C21H13Cl2FN2O2/c1-11-2-5-14(16(22)8-11)20(27)25-13-4-7-19-18(10-13)26-21(28-19)15-6-3-12(24)9-17(15)23/h2-10H,1H3,(H,25,27). The molecule has 4 aromatic rings. The van der Waals surface area contributed by atoms with E-state index in [0.717, 1.165) is 5.56 Å². The number of nitrogens with one attached hydrogen (secondary N) is 1. The lowest BCUT2D eigenvalue weighted by atomic mass is 10.1. The molecule has 28 heavy (non-hydrogen) atoms. The Labute approximate surface area is 169 Å². The van der Waals surface area contributed by atoms with E-state index < -0.39 is 5.82 Å². The average molecular weight is 415 g/mol. The zero-order valence-electron chi connectivity index (χ0n) is 14.6. The van der Waals surface area contributed by atoms with Gasteiger partial charge in [0.05, 0.1) is 21.2 Å². The summed E-state index contributed by atoms with van der Waals surface area (Å²) in [6, 6.07) is 14.3. The Kier molecular flexibility index (Phi) is 4.79. The largest absolute Gasteiger partial charge is 0.436 e. The van der Waals surface area contributed by atoms with Crippen molar-refractivity contribution in [1.82, 2.24) is 4.98 Å². The molecule has 0 saturated carbocycles. The predicted molar refractivity (Wildman–Crippen MR) is 109 cm³/mol. The fraction of sp³-hybridized carbons (Fsp3) is 0.0476. The highest BCUT2D eigenvalue weighted by Gasteiger charge is 2.14. The van der Waals surface area contributed by atoms with Crippen LogP contribution in [0.2, 0.25) is 10.0 Å². The maximum Gasteiger partial charge on any atom is 0.257 e. The van der Waals surface area contributed by atoms with Crippen LogP contribution in [0.4, 0.5) is 10.1 Å². The molecule has 0 aliphatic carbocycles. The van der Waals surface area contributed by atoms with Gasteiger partial charge in [-0.25, -0.2) is 9.37 Å². The Hall–Kier alpha value is -2.89. The first-order valence-corrected chi connectivity index (χ1v) is 9.10. The third-order valence-electron chi connectivity index (χ3n) is 4.18. The molecule has 0 radical (unpaired) electrons. The van der Waals surface area contributed by atoms with E-state index in [1.54, 1.807) is 30.3 Å². The van der Waals surface area contributed by atoms with Gasteiger partial charge < -0.3 is 9.73 Å². The number of benzene rings is 3. The highest BCUT2D eigenvalue weighted by atomic mass is 35.5. The van der Waals surface area contributed by atoms with Crippen molar-refractivity contribution in [1.29, 1.82) is 0 Å². The Morgan fingerprint density at radius 2 is 1.86 bits per heavy atom. The zero-order valence-corrected chi connectivity index (χ0v) is 16.1. The van der Waals surface area contributed by atoms with E-state index >= 15 is 0 Å². The van der Waals surface area contributed by atoms with Gasteiger partial charge in [0.1, 0.15) is 11.3 Å². The first kappa shape index (κ1) is 18.5. The average Bonchev–Trinajstić information content (AvgIpc) is 3.04. The maximum absolute atomic E-state index is 13.2. The van der Waals surface area contributed by atoms with Gasteiger partial charge in [0.15, 0.2) is 5.58 Å². The van der Waals surface area contributed by atoms with E-state index in [9.17, 15) is 9.18 Å². The number of oxazole rings is 1. The third kappa shape index (κ3) is 3.59. The molecule has 7 heteroatoms. The summed E-state index contributed by atoms with van der Waals surface area (Å²) in [5, 5.41) is 3.38. The van der Waals surface area contributed by atoms with E-state index in [-0.39, 0.29) is 16.8 Å². The molecule has 140 valence electrons. The summed E-state index contributed by atoms with van der Waals surface area (Å²) in [5.41, 5.74) is 3.42. The SMILES string of the molecule is Cc1ccc(C(=O)Nc2ccc3oc(-c4ccc(F)cc4Cl)nc3c2)c(Cl)c1. The van der Waals surface area contributed by atoms with E-state index in [1.165, 1.54) is 18.2 Å². The summed E-state index contributed by atoms with van der Waals surface area (Å²) in [6.07, 6.45) is 0. The van der Waals surface area contributed by atoms with E-state index in [1.807, 2.05) is 13.0 Å². The number of aryl methyl sites for hydroxylation is 1. The Balaban J connectivity index is 1.64. The number of rotatable bonds is 3. The highest BCUT2D eigenvalue weighted by molar-refractivity contribution is 6.34. The van der Waals surface area contributed by atoms with Gasteiger partial charge in [-0.2, -0.15) is 0 Å². The first-order valence-electron chi connectivity index (χ1n) is 8.34. The Bertz CT molecular complexity index is 1220. The molecule has 0 unspecified atom stereocenters. The van der Waals surface area contributed by atoms with Gasteiger partial charge in [0, 0.05) is 5.69 Å². The minimum atomic E-state index is -0.440. The molecule has 0 spiro atoms. The second-order valence-electron chi connectivity index (χ2n) is 6.26. The van der Waals surface area contributed by atoms with Gasteiger partial charge in [-0.3, -0.25) is 4.79 Å². The molecular formula is C21H13Cl2FN2O2. The predicted octanol–water partition coefficient (Wildman–Crippen LogP) is 6.50. The van der Waals surface area contributed by atoms with Gasteiger partial charge in [0.25, 0.3) is 5.91 Å². The molecule has 1 amide bonds. The van der Waals surface area contributed by atoms with Crippen molar-refractivity contribution in [2.75, 3.05) is 5.32 Å². The fourth-order valence-corrected chi connectivity index (χ4v) is 3.36. The van der Waals surface area contributed by atoms with Crippen molar-refractivity contribution >= 4 is 45.9 Å². The number of hydrogen-bond donors (Lipinski definition) is 1. The molecule has 1 heterocycles. The molecule has 4 nitrogen and oxygen atoms in total. The number of nitrogens with zero attached hydrogens (tertiary/aromatic N) is 1. The quantitative estimate of drug-likeness (QED) is 0.416. The van der Waals surface area contributed by atoms with E-state index in [0.29, 0.717) is 32.9 Å². The molecule has 4 rings (SSSR count). The molecule has 0 aliphatic rings. The number of aromatic nitrogens is 1. The van der Waals surface area contributed by atoms with Gasteiger partial charge >= 0.3 is 0 Å². The van der Waals surface area contributed by atoms with Crippen molar-refractivity contribution < 1.29 is 13.6 Å². The summed E-state index contributed by atoms with van der Waals surface area (Å²) in [4.78, 5) is 16.9. The second-order valence-corrected chi connectivity index (χ2v) is 7.08. The van der Waals surface area contributed by atoms with Crippen LogP contribution >= 0.6 is 23.2 Å². The number of hydrogen-bond acceptors (Lipinski definition) is 3. The summed E-state index contributed by atoms with van der Waals surface area (Å²) in [5.74, 6) is -0.496. The van der Waals surface area contributed by atoms with Gasteiger partial charge in [-0.1, -0.05) is 29.3 Å². The molecular weight excluding hydrogens is 402 g/mol. The molecule has 0 saturated heterocycles. The summed E-state index contributed by atoms with van der Waals surface area (Å²) < 4.78 is 18.9. The summed E-state index contributed by atoms with van der Waals surface area (Å²) in [6.45, 7) is 1.90. The normalized spacial score (nSPS) is 11.0. The van der Waals surface area contributed by atoms with Crippen molar-refractivity contribution in [3.63, 3.8) is 0 Å². The van der Waals surface area contributed by atoms with Crippen LogP contribution < -0.4 is 5.32 Å². The Morgan fingerprint density at radius 3 is 2.61 bits per heavy atom. The molecule has 1 aromatic heterocycles. The molecule has 0 bridgehead atoms. The minimum Gasteiger partial charge on any atom is -0.436 e. The van der Waals surface area contributed by atoms with Crippen LogP contribution in [0.15, 0.2) is 59.0 Å². The number of carbonyl (C=O) groups is 1. The third-order valence-corrected chi connectivity index (χ3v) is 4.80. The molecule has 0 fully saturated rings. The van der Waals surface area contributed by atoms with Crippen molar-refractivity contribution in [3.8, 4) is 11.5 Å². The summed E-state index contributed by atoms with van der Waals surface area (Å²) >= 11 is 12.2. The topological polar surface area (TPSA) is 55.1 Å². The lowest BCUT2D eigenvalue weighted by Crippen LogP contribution is -2.12.